The van der Waals surface area contributed by atoms with E-state index in [4.69, 9.17) is 4.74 Å². The Balaban J connectivity index is 2.09. The van der Waals surface area contributed by atoms with E-state index in [1.54, 1.807) is 18.3 Å². The summed E-state index contributed by atoms with van der Waals surface area (Å²) in [5, 5.41) is 13.3. The Morgan fingerprint density at radius 3 is 2.62 bits per heavy atom. The molecule has 0 saturated heterocycles. The van der Waals surface area contributed by atoms with Crippen LogP contribution in [0.5, 0.6) is 11.5 Å². The summed E-state index contributed by atoms with van der Waals surface area (Å²) in [6.07, 6.45) is 1.95. The molecule has 1 heterocycles. The van der Waals surface area contributed by atoms with Crippen LogP contribution in [0.3, 0.4) is 0 Å². The van der Waals surface area contributed by atoms with Gasteiger partial charge in [0.05, 0.1) is 11.1 Å². The maximum absolute atomic E-state index is 13.1. The van der Waals surface area contributed by atoms with Crippen LogP contribution in [0.4, 0.5) is 0 Å². The van der Waals surface area contributed by atoms with E-state index in [9.17, 15) is 9.90 Å². The van der Waals surface area contributed by atoms with Crippen LogP contribution in [0.25, 0.3) is 0 Å². The lowest BCUT2D eigenvalue weighted by Crippen LogP contribution is -2.34. The zero-order valence-electron chi connectivity index (χ0n) is 15.7. The van der Waals surface area contributed by atoms with Gasteiger partial charge in [-0.3, -0.25) is 4.79 Å². The van der Waals surface area contributed by atoms with Crippen molar-refractivity contribution < 1.29 is 14.6 Å². The second-order valence-electron chi connectivity index (χ2n) is 7.56. The molecule has 1 aliphatic rings. The van der Waals surface area contributed by atoms with Crippen molar-refractivity contribution in [1.82, 2.24) is 5.32 Å². The fourth-order valence-electron chi connectivity index (χ4n) is 2.96. The highest BCUT2D eigenvalue weighted by Crippen LogP contribution is 2.39. The third kappa shape index (κ3) is 3.59. The standard InChI is InChI=1S/C22H25NO3/c1-5-14-12-15(10-11-18(14)24)21-17(13-23-22(2,3)4)20(25)16-8-6-7-9-19(16)26-21/h6-13,21,23-24H,5H2,1-4H3. The fourth-order valence-corrected chi connectivity index (χ4v) is 2.96. The summed E-state index contributed by atoms with van der Waals surface area (Å²) in [5.74, 6) is 0.804. The highest BCUT2D eigenvalue weighted by Gasteiger charge is 2.33. The second-order valence-corrected chi connectivity index (χ2v) is 7.56. The van der Waals surface area contributed by atoms with Gasteiger partial charge in [-0.2, -0.15) is 0 Å². The molecule has 0 radical (unpaired) electrons. The minimum atomic E-state index is -0.516. The van der Waals surface area contributed by atoms with E-state index in [2.05, 4.69) is 5.32 Å². The predicted octanol–water partition coefficient (Wildman–Crippen LogP) is 4.54. The van der Waals surface area contributed by atoms with Crippen molar-refractivity contribution in [1.29, 1.82) is 0 Å². The molecular formula is C22H25NO3. The van der Waals surface area contributed by atoms with Gasteiger partial charge in [-0.15, -0.1) is 0 Å². The molecule has 0 saturated carbocycles. The molecule has 0 bridgehead atoms. The fraction of sp³-hybridized carbons (Fsp3) is 0.318. The molecule has 0 spiro atoms. The molecule has 0 aromatic heterocycles. The molecule has 4 nitrogen and oxygen atoms in total. The highest BCUT2D eigenvalue weighted by atomic mass is 16.5. The Morgan fingerprint density at radius 2 is 1.92 bits per heavy atom. The van der Waals surface area contributed by atoms with Gasteiger partial charge in [0.2, 0.25) is 0 Å². The number of phenols is 1. The lowest BCUT2D eigenvalue weighted by Gasteiger charge is -2.29. The minimum Gasteiger partial charge on any atom is -0.508 e. The van der Waals surface area contributed by atoms with Gasteiger partial charge >= 0.3 is 0 Å². The van der Waals surface area contributed by atoms with Crippen LogP contribution in [0.1, 0.15) is 55.3 Å². The molecule has 1 aliphatic heterocycles. The lowest BCUT2D eigenvalue weighted by molar-refractivity contribution is 0.0959. The van der Waals surface area contributed by atoms with E-state index in [0.29, 0.717) is 23.3 Å². The van der Waals surface area contributed by atoms with Gasteiger partial charge in [-0.05, 0) is 62.6 Å². The first-order valence-corrected chi connectivity index (χ1v) is 8.90. The first kappa shape index (κ1) is 18.1. The highest BCUT2D eigenvalue weighted by molar-refractivity contribution is 6.12. The van der Waals surface area contributed by atoms with E-state index >= 15 is 0 Å². The smallest absolute Gasteiger partial charge is 0.198 e. The second kappa shape index (κ2) is 6.87. The summed E-state index contributed by atoms with van der Waals surface area (Å²) < 4.78 is 6.19. The van der Waals surface area contributed by atoms with Crippen LogP contribution in [0, 0.1) is 0 Å². The third-order valence-corrected chi connectivity index (χ3v) is 4.37. The van der Waals surface area contributed by atoms with Crippen molar-refractivity contribution in [3.05, 3.63) is 70.9 Å². The summed E-state index contributed by atoms with van der Waals surface area (Å²) >= 11 is 0. The van der Waals surface area contributed by atoms with E-state index in [0.717, 1.165) is 11.1 Å². The SMILES string of the molecule is CCc1cc(C2Oc3ccccc3C(=O)C2=CNC(C)(C)C)ccc1O. The number of hydrogen-bond acceptors (Lipinski definition) is 4. The number of hydrogen-bond donors (Lipinski definition) is 2. The molecule has 0 aliphatic carbocycles. The lowest BCUT2D eigenvalue weighted by atomic mass is 9.90. The molecule has 1 atom stereocenters. The summed E-state index contributed by atoms with van der Waals surface area (Å²) in [5.41, 5.74) is 2.65. The molecule has 0 amide bonds. The topological polar surface area (TPSA) is 58.6 Å². The monoisotopic (exact) mass is 351 g/mol. The Morgan fingerprint density at radius 1 is 1.19 bits per heavy atom. The number of ether oxygens (including phenoxy) is 1. The first-order chi connectivity index (χ1) is 12.3. The quantitative estimate of drug-likeness (QED) is 0.797. The summed E-state index contributed by atoms with van der Waals surface area (Å²) in [6.45, 7) is 8.10. The molecule has 136 valence electrons. The van der Waals surface area contributed by atoms with Crippen LogP contribution in [-0.2, 0) is 6.42 Å². The number of carbonyl (C=O) groups is 1. The van der Waals surface area contributed by atoms with Gasteiger partial charge in [0.1, 0.15) is 11.5 Å². The average Bonchev–Trinajstić information content (AvgIpc) is 2.60. The largest absolute Gasteiger partial charge is 0.508 e. The Bertz CT molecular complexity index is 862. The molecule has 2 aromatic carbocycles. The van der Waals surface area contributed by atoms with Crippen LogP contribution >= 0.6 is 0 Å². The normalized spacial score (nSPS) is 18.4. The molecular weight excluding hydrogens is 326 g/mol. The number of benzene rings is 2. The number of fused-ring (bicyclic) bond motifs is 1. The Hall–Kier alpha value is -2.75. The average molecular weight is 351 g/mol. The number of Topliss-reactive ketones (excluding diaryl/α,β-unsaturated/α-hetero) is 1. The first-order valence-electron chi connectivity index (χ1n) is 8.90. The summed E-state index contributed by atoms with van der Waals surface area (Å²) in [7, 11) is 0. The van der Waals surface area contributed by atoms with Gasteiger partial charge in [-0.1, -0.05) is 25.1 Å². The van der Waals surface area contributed by atoms with Crippen molar-refractivity contribution in [3.63, 3.8) is 0 Å². The Kier molecular flexibility index (Phi) is 4.77. The van der Waals surface area contributed by atoms with Crippen molar-refractivity contribution in [3.8, 4) is 11.5 Å². The molecule has 0 fully saturated rings. The van der Waals surface area contributed by atoms with Crippen molar-refractivity contribution in [2.75, 3.05) is 0 Å². The number of nitrogens with one attached hydrogen (secondary N) is 1. The number of aromatic hydroxyl groups is 1. The molecule has 1 unspecified atom stereocenters. The maximum atomic E-state index is 13.1. The molecule has 26 heavy (non-hydrogen) atoms. The Labute approximate surface area is 154 Å². The maximum Gasteiger partial charge on any atom is 0.198 e. The van der Waals surface area contributed by atoms with E-state index in [-0.39, 0.29) is 17.1 Å². The number of carbonyl (C=O) groups excluding carboxylic acids is 1. The molecule has 2 aromatic rings. The third-order valence-electron chi connectivity index (χ3n) is 4.37. The molecule has 2 N–H and O–H groups in total. The van der Waals surface area contributed by atoms with Gasteiger partial charge in [-0.25, -0.2) is 0 Å². The zero-order chi connectivity index (χ0) is 18.9. The van der Waals surface area contributed by atoms with Gasteiger partial charge in [0, 0.05) is 11.7 Å². The molecule has 3 rings (SSSR count). The van der Waals surface area contributed by atoms with Crippen molar-refractivity contribution >= 4 is 5.78 Å². The van der Waals surface area contributed by atoms with Gasteiger partial charge in [0.15, 0.2) is 11.9 Å². The van der Waals surface area contributed by atoms with Crippen molar-refractivity contribution in [2.45, 2.75) is 45.8 Å². The van der Waals surface area contributed by atoms with Crippen LogP contribution in [-0.4, -0.2) is 16.4 Å². The van der Waals surface area contributed by atoms with E-state index in [1.807, 2.05) is 58.0 Å². The summed E-state index contributed by atoms with van der Waals surface area (Å²) in [6, 6.07) is 12.7. The van der Waals surface area contributed by atoms with Crippen LogP contribution < -0.4 is 10.1 Å². The number of aryl methyl sites for hydroxylation is 1. The number of ketones is 1. The van der Waals surface area contributed by atoms with Crippen LogP contribution in [0.15, 0.2) is 54.2 Å². The number of rotatable bonds is 3. The summed E-state index contributed by atoms with van der Waals surface area (Å²) in [4.78, 5) is 13.1. The zero-order valence-corrected chi connectivity index (χ0v) is 15.7. The van der Waals surface area contributed by atoms with Crippen LogP contribution in [0.2, 0.25) is 0 Å². The molecule has 4 heteroatoms. The predicted molar refractivity (Wildman–Crippen MR) is 103 cm³/mol. The van der Waals surface area contributed by atoms with E-state index in [1.165, 1.54) is 0 Å². The van der Waals surface area contributed by atoms with E-state index < -0.39 is 6.10 Å². The number of phenolic OH excluding ortho intramolecular Hbond substituents is 1. The van der Waals surface area contributed by atoms with Gasteiger partial charge in [0.25, 0.3) is 0 Å². The minimum absolute atomic E-state index is 0.0419. The number of para-hydroxylation sites is 1. The van der Waals surface area contributed by atoms with Crippen molar-refractivity contribution in [2.24, 2.45) is 0 Å². The van der Waals surface area contributed by atoms with Gasteiger partial charge < -0.3 is 15.2 Å².